The fourth-order valence-electron chi connectivity index (χ4n) is 1.79. The Kier molecular flexibility index (Phi) is 4.68. The van der Waals surface area contributed by atoms with Crippen molar-refractivity contribution < 1.29 is 0 Å². The van der Waals surface area contributed by atoms with Crippen molar-refractivity contribution >= 4 is 17.6 Å². The highest BCUT2D eigenvalue weighted by Gasteiger charge is 2.20. The molecule has 1 aromatic rings. The first kappa shape index (κ1) is 12.7. The van der Waals surface area contributed by atoms with Gasteiger partial charge in [-0.3, -0.25) is 0 Å². The van der Waals surface area contributed by atoms with E-state index in [1.807, 2.05) is 24.0 Å². The van der Waals surface area contributed by atoms with E-state index in [-0.39, 0.29) is 0 Å². The minimum atomic E-state index is 0.750. The zero-order chi connectivity index (χ0) is 12.1. The fourth-order valence-corrected chi connectivity index (χ4v) is 2.24. The molecule has 0 unspecified atom stereocenters. The maximum atomic E-state index is 4.51. The van der Waals surface area contributed by atoms with Crippen LogP contribution in [0.4, 0.5) is 5.82 Å². The number of thioether (sulfide) groups is 1. The molecule has 1 saturated carbocycles. The lowest BCUT2D eigenvalue weighted by molar-refractivity contribution is 0.683. The molecule has 0 spiro atoms. The molecule has 3 nitrogen and oxygen atoms in total. The summed E-state index contributed by atoms with van der Waals surface area (Å²) >= 11 is 1.87. The molecule has 0 radical (unpaired) electrons. The van der Waals surface area contributed by atoms with Crippen LogP contribution in [0.15, 0.2) is 18.3 Å². The third kappa shape index (κ3) is 3.89. The van der Waals surface area contributed by atoms with Crippen LogP contribution in [-0.2, 0) is 6.54 Å². The van der Waals surface area contributed by atoms with Gasteiger partial charge in [0.25, 0.3) is 0 Å². The molecule has 0 aromatic carbocycles. The number of hydrogen-bond acceptors (Lipinski definition) is 4. The summed E-state index contributed by atoms with van der Waals surface area (Å²) in [5.41, 5.74) is 1.31. The van der Waals surface area contributed by atoms with Gasteiger partial charge in [-0.2, -0.15) is 11.8 Å². The maximum absolute atomic E-state index is 4.51. The summed E-state index contributed by atoms with van der Waals surface area (Å²) in [7, 11) is 2.12. The van der Waals surface area contributed by atoms with Crippen molar-refractivity contribution in [2.75, 3.05) is 30.5 Å². The van der Waals surface area contributed by atoms with Crippen molar-refractivity contribution in [1.29, 1.82) is 0 Å². The second kappa shape index (κ2) is 6.26. The Hall–Kier alpha value is -0.740. The third-order valence-electron chi connectivity index (χ3n) is 3.02. The van der Waals surface area contributed by atoms with E-state index >= 15 is 0 Å². The molecule has 94 valence electrons. The molecule has 0 amide bonds. The quantitative estimate of drug-likeness (QED) is 0.803. The van der Waals surface area contributed by atoms with Crippen molar-refractivity contribution in [3.05, 3.63) is 23.9 Å². The van der Waals surface area contributed by atoms with E-state index in [9.17, 15) is 0 Å². The molecule has 17 heavy (non-hydrogen) atoms. The standard InChI is InChI=1S/C13H21N3S/c1-16(8-9-17-2)13-11(4-3-7-14-13)10-15-12-5-6-12/h3-4,7,12,15H,5-6,8-10H2,1-2H3. The number of pyridine rings is 1. The highest BCUT2D eigenvalue weighted by Crippen LogP contribution is 2.21. The molecule has 0 saturated heterocycles. The minimum Gasteiger partial charge on any atom is -0.359 e. The van der Waals surface area contributed by atoms with Gasteiger partial charge in [0.05, 0.1) is 0 Å². The lowest BCUT2D eigenvalue weighted by Gasteiger charge is -2.20. The Labute approximate surface area is 108 Å². The van der Waals surface area contributed by atoms with E-state index in [2.05, 4.69) is 34.6 Å². The first-order valence-corrected chi connectivity index (χ1v) is 7.58. The third-order valence-corrected chi connectivity index (χ3v) is 3.61. The Morgan fingerprint density at radius 2 is 2.35 bits per heavy atom. The van der Waals surface area contributed by atoms with E-state index in [1.165, 1.54) is 18.4 Å². The van der Waals surface area contributed by atoms with Crippen LogP contribution in [0, 0.1) is 0 Å². The van der Waals surface area contributed by atoms with Gasteiger partial charge in [-0.25, -0.2) is 4.98 Å². The lowest BCUT2D eigenvalue weighted by Crippen LogP contribution is -2.24. The molecule has 0 bridgehead atoms. The molecule has 2 rings (SSSR count). The van der Waals surface area contributed by atoms with Crippen molar-refractivity contribution in [3.63, 3.8) is 0 Å². The monoisotopic (exact) mass is 251 g/mol. The molecule has 1 aliphatic rings. The molecule has 1 heterocycles. The number of nitrogens with one attached hydrogen (secondary N) is 1. The van der Waals surface area contributed by atoms with E-state index in [1.54, 1.807) is 0 Å². The summed E-state index contributed by atoms with van der Waals surface area (Å²) in [6, 6.07) is 4.95. The van der Waals surface area contributed by atoms with E-state index in [0.717, 1.165) is 30.7 Å². The Morgan fingerprint density at radius 3 is 3.06 bits per heavy atom. The van der Waals surface area contributed by atoms with E-state index in [4.69, 9.17) is 0 Å². The first-order valence-electron chi connectivity index (χ1n) is 6.18. The molecule has 0 atom stereocenters. The van der Waals surface area contributed by atoms with Crippen molar-refractivity contribution in [2.45, 2.75) is 25.4 Å². The zero-order valence-electron chi connectivity index (χ0n) is 10.6. The van der Waals surface area contributed by atoms with Crippen LogP contribution < -0.4 is 10.2 Å². The summed E-state index contributed by atoms with van der Waals surface area (Å²) < 4.78 is 0. The number of aromatic nitrogens is 1. The Balaban J connectivity index is 1.97. The van der Waals surface area contributed by atoms with Gasteiger partial charge in [0.1, 0.15) is 5.82 Å². The van der Waals surface area contributed by atoms with E-state index in [0.29, 0.717) is 0 Å². The fraction of sp³-hybridized carbons (Fsp3) is 0.615. The average Bonchev–Trinajstić information content (AvgIpc) is 3.18. The molecule has 4 heteroatoms. The van der Waals surface area contributed by atoms with Crippen LogP contribution in [0.1, 0.15) is 18.4 Å². The van der Waals surface area contributed by atoms with Crippen LogP contribution in [0.2, 0.25) is 0 Å². The highest BCUT2D eigenvalue weighted by molar-refractivity contribution is 7.98. The van der Waals surface area contributed by atoms with Gasteiger partial charge in [0.2, 0.25) is 0 Å². The molecule has 1 fully saturated rings. The van der Waals surface area contributed by atoms with Crippen LogP contribution in [0.25, 0.3) is 0 Å². The smallest absolute Gasteiger partial charge is 0.132 e. The van der Waals surface area contributed by atoms with Crippen molar-refractivity contribution in [2.24, 2.45) is 0 Å². The predicted octanol–water partition coefficient (Wildman–Crippen LogP) is 2.13. The number of nitrogens with zero attached hydrogens (tertiary/aromatic N) is 2. The summed E-state index contributed by atoms with van der Waals surface area (Å²) in [5.74, 6) is 2.26. The second-order valence-corrected chi connectivity index (χ2v) is 5.54. The molecule has 1 N–H and O–H groups in total. The number of anilines is 1. The average molecular weight is 251 g/mol. The van der Waals surface area contributed by atoms with Crippen LogP contribution in [0.3, 0.4) is 0 Å². The molecule has 1 aromatic heterocycles. The van der Waals surface area contributed by atoms with Gasteiger partial charge in [-0.05, 0) is 25.2 Å². The summed E-state index contributed by atoms with van der Waals surface area (Å²) in [6.07, 6.45) is 6.68. The van der Waals surface area contributed by atoms with Crippen molar-refractivity contribution in [3.8, 4) is 0 Å². The van der Waals surface area contributed by atoms with Gasteiger partial charge >= 0.3 is 0 Å². The summed E-state index contributed by atoms with van der Waals surface area (Å²) in [5, 5.41) is 3.55. The van der Waals surface area contributed by atoms with Gasteiger partial charge < -0.3 is 10.2 Å². The first-order chi connectivity index (χ1) is 8.31. The van der Waals surface area contributed by atoms with Gasteiger partial charge in [-0.15, -0.1) is 0 Å². The molecular formula is C13H21N3S. The summed E-state index contributed by atoms with van der Waals surface area (Å²) in [6.45, 7) is 1.99. The van der Waals surface area contributed by atoms with Crippen molar-refractivity contribution in [1.82, 2.24) is 10.3 Å². The molecular weight excluding hydrogens is 230 g/mol. The lowest BCUT2D eigenvalue weighted by atomic mass is 10.2. The number of hydrogen-bond donors (Lipinski definition) is 1. The SMILES string of the molecule is CSCCN(C)c1ncccc1CNC1CC1. The normalized spacial score (nSPS) is 14.9. The van der Waals surface area contributed by atoms with Gasteiger partial charge in [0.15, 0.2) is 0 Å². The maximum Gasteiger partial charge on any atom is 0.132 e. The zero-order valence-corrected chi connectivity index (χ0v) is 11.5. The Morgan fingerprint density at radius 1 is 1.53 bits per heavy atom. The van der Waals surface area contributed by atoms with Crippen LogP contribution in [0.5, 0.6) is 0 Å². The predicted molar refractivity (Wildman–Crippen MR) is 75.8 cm³/mol. The van der Waals surface area contributed by atoms with Gasteiger partial charge in [-0.1, -0.05) is 6.07 Å². The minimum absolute atomic E-state index is 0.750. The number of rotatable bonds is 7. The van der Waals surface area contributed by atoms with Gasteiger partial charge in [0, 0.05) is 43.7 Å². The van der Waals surface area contributed by atoms with Crippen LogP contribution >= 0.6 is 11.8 Å². The summed E-state index contributed by atoms with van der Waals surface area (Å²) in [4.78, 5) is 6.76. The molecule has 1 aliphatic carbocycles. The van der Waals surface area contributed by atoms with Crippen LogP contribution in [-0.4, -0.2) is 36.6 Å². The van der Waals surface area contributed by atoms with E-state index < -0.39 is 0 Å². The highest BCUT2D eigenvalue weighted by atomic mass is 32.2. The Bertz CT molecular complexity index is 352. The molecule has 0 aliphatic heterocycles. The second-order valence-electron chi connectivity index (χ2n) is 4.56. The topological polar surface area (TPSA) is 28.2 Å². The largest absolute Gasteiger partial charge is 0.359 e.